The molecule has 3 N–H and O–H groups in total. The molecule has 1 aliphatic heterocycles. The SMILES string of the molecule is O=C(O)c1ccnc(C2=CN(CCNCC3CC(F)(F)C3)CN2)c1. The van der Waals surface area contributed by atoms with E-state index in [0.717, 1.165) is 12.2 Å². The lowest BCUT2D eigenvalue weighted by Gasteiger charge is -2.35. The lowest BCUT2D eigenvalue weighted by Crippen LogP contribution is -2.42. The number of alkyl halides is 2. The Kier molecular flexibility index (Phi) is 4.66. The molecule has 6 nitrogen and oxygen atoms in total. The zero-order valence-corrected chi connectivity index (χ0v) is 13.1. The number of rotatable bonds is 7. The van der Waals surface area contributed by atoms with Gasteiger partial charge in [-0.05, 0) is 24.6 Å². The van der Waals surface area contributed by atoms with Crippen LogP contribution in [0, 0.1) is 5.92 Å². The molecule has 1 aromatic rings. The molecule has 0 amide bonds. The lowest BCUT2D eigenvalue weighted by molar-refractivity contribution is -0.109. The van der Waals surface area contributed by atoms with Gasteiger partial charge in [-0.15, -0.1) is 0 Å². The number of hydrogen-bond acceptors (Lipinski definition) is 5. The maximum absolute atomic E-state index is 12.7. The number of carboxylic acid groups (broad SMARTS) is 1. The summed E-state index contributed by atoms with van der Waals surface area (Å²) in [5, 5.41) is 15.4. The largest absolute Gasteiger partial charge is 0.478 e. The smallest absolute Gasteiger partial charge is 0.335 e. The van der Waals surface area contributed by atoms with Gasteiger partial charge in [0.05, 0.1) is 23.6 Å². The van der Waals surface area contributed by atoms with E-state index in [9.17, 15) is 13.6 Å². The van der Waals surface area contributed by atoms with Gasteiger partial charge in [-0.1, -0.05) is 0 Å². The molecule has 0 unspecified atom stereocenters. The van der Waals surface area contributed by atoms with Crippen molar-refractivity contribution in [3.63, 3.8) is 0 Å². The summed E-state index contributed by atoms with van der Waals surface area (Å²) >= 11 is 0. The number of nitrogens with one attached hydrogen (secondary N) is 2. The summed E-state index contributed by atoms with van der Waals surface area (Å²) in [6.07, 6.45) is 3.34. The molecule has 1 aliphatic carbocycles. The van der Waals surface area contributed by atoms with Crippen molar-refractivity contribution >= 4 is 11.7 Å². The second kappa shape index (κ2) is 6.72. The minimum absolute atomic E-state index is 0.0130. The van der Waals surface area contributed by atoms with Crippen LogP contribution in [0.15, 0.2) is 24.5 Å². The van der Waals surface area contributed by atoms with Gasteiger partial charge in [0.1, 0.15) is 0 Å². The molecule has 0 spiro atoms. The topological polar surface area (TPSA) is 77.5 Å². The van der Waals surface area contributed by atoms with Gasteiger partial charge < -0.3 is 20.6 Å². The summed E-state index contributed by atoms with van der Waals surface area (Å²) in [7, 11) is 0. The van der Waals surface area contributed by atoms with Crippen molar-refractivity contribution in [1.82, 2.24) is 20.5 Å². The maximum atomic E-state index is 12.7. The molecule has 24 heavy (non-hydrogen) atoms. The molecular formula is C16H20F2N4O2. The van der Waals surface area contributed by atoms with Crippen LogP contribution in [0.5, 0.6) is 0 Å². The highest BCUT2D eigenvalue weighted by Gasteiger charge is 2.44. The van der Waals surface area contributed by atoms with Crippen LogP contribution in [-0.2, 0) is 0 Å². The number of aromatic carboxylic acids is 1. The highest BCUT2D eigenvalue weighted by molar-refractivity contribution is 5.88. The van der Waals surface area contributed by atoms with E-state index < -0.39 is 11.9 Å². The number of nitrogens with zero attached hydrogens (tertiary/aromatic N) is 2. The van der Waals surface area contributed by atoms with Crippen molar-refractivity contribution in [1.29, 1.82) is 0 Å². The predicted molar refractivity (Wildman–Crippen MR) is 84.4 cm³/mol. The van der Waals surface area contributed by atoms with Crippen molar-refractivity contribution < 1.29 is 18.7 Å². The monoisotopic (exact) mass is 338 g/mol. The highest BCUT2D eigenvalue weighted by atomic mass is 19.3. The van der Waals surface area contributed by atoms with Crippen LogP contribution < -0.4 is 10.6 Å². The lowest BCUT2D eigenvalue weighted by atomic mass is 9.81. The molecule has 3 rings (SSSR count). The van der Waals surface area contributed by atoms with Crippen LogP contribution in [-0.4, -0.2) is 53.2 Å². The van der Waals surface area contributed by atoms with E-state index in [1.165, 1.54) is 18.3 Å². The zero-order valence-electron chi connectivity index (χ0n) is 13.1. The first-order chi connectivity index (χ1) is 11.4. The van der Waals surface area contributed by atoms with Gasteiger partial charge in [0.2, 0.25) is 5.92 Å². The Morgan fingerprint density at radius 2 is 2.29 bits per heavy atom. The summed E-state index contributed by atoms with van der Waals surface area (Å²) in [4.78, 5) is 17.2. The number of carboxylic acids is 1. The van der Waals surface area contributed by atoms with Crippen LogP contribution in [0.1, 0.15) is 28.9 Å². The van der Waals surface area contributed by atoms with Gasteiger partial charge in [0.25, 0.3) is 0 Å². The molecule has 8 heteroatoms. The summed E-state index contributed by atoms with van der Waals surface area (Å²) in [5.74, 6) is -3.37. The first-order valence-electron chi connectivity index (χ1n) is 7.91. The molecule has 130 valence electrons. The molecule has 2 heterocycles. The van der Waals surface area contributed by atoms with E-state index in [-0.39, 0.29) is 24.3 Å². The summed E-state index contributed by atoms with van der Waals surface area (Å²) in [5.41, 5.74) is 1.55. The van der Waals surface area contributed by atoms with E-state index in [1.807, 2.05) is 11.1 Å². The highest BCUT2D eigenvalue weighted by Crippen LogP contribution is 2.41. The minimum atomic E-state index is -2.46. The Morgan fingerprint density at radius 3 is 3.00 bits per heavy atom. The molecule has 1 aromatic heterocycles. The first-order valence-corrected chi connectivity index (χ1v) is 7.91. The number of halogens is 2. The summed E-state index contributed by atoms with van der Waals surface area (Å²) < 4.78 is 25.5. The third kappa shape index (κ3) is 4.00. The molecule has 1 saturated carbocycles. The van der Waals surface area contributed by atoms with E-state index in [2.05, 4.69) is 15.6 Å². The van der Waals surface area contributed by atoms with E-state index >= 15 is 0 Å². The van der Waals surface area contributed by atoms with Crippen molar-refractivity contribution in [2.24, 2.45) is 5.92 Å². The molecular weight excluding hydrogens is 318 g/mol. The Balaban J connectivity index is 1.44. The van der Waals surface area contributed by atoms with Crippen molar-refractivity contribution in [2.75, 3.05) is 26.3 Å². The molecule has 0 aromatic carbocycles. The van der Waals surface area contributed by atoms with Crippen LogP contribution in [0.25, 0.3) is 5.70 Å². The van der Waals surface area contributed by atoms with Gasteiger partial charge in [0, 0.05) is 38.3 Å². The predicted octanol–water partition coefficient (Wildman–Crippen LogP) is 1.58. The molecule has 0 atom stereocenters. The van der Waals surface area contributed by atoms with Crippen LogP contribution in [0.3, 0.4) is 0 Å². The van der Waals surface area contributed by atoms with Gasteiger partial charge in [-0.25, -0.2) is 13.6 Å². The Labute approximate surface area is 138 Å². The number of carbonyl (C=O) groups is 1. The number of aromatic nitrogens is 1. The molecule has 2 aliphatic rings. The fourth-order valence-electron chi connectivity index (χ4n) is 2.93. The first kappa shape index (κ1) is 16.6. The third-order valence-electron chi connectivity index (χ3n) is 4.25. The molecule has 0 radical (unpaired) electrons. The zero-order chi connectivity index (χ0) is 17.2. The molecule has 0 saturated heterocycles. The average Bonchev–Trinajstić information content (AvgIpc) is 2.98. The fourth-order valence-corrected chi connectivity index (χ4v) is 2.93. The van der Waals surface area contributed by atoms with Crippen LogP contribution >= 0.6 is 0 Å². The van der Waals surface area contributed by atoms with Gasteiger partial charge in [-0.3, -0.25) is 4.98 Å². The van der Waals surface area contributed by atoms with E-state index in [4.69, 9.17) is 5.11 Å². The third-order valence-corrected chi connectivity index (χ3v) is 4.25. The normalized spacial score (nSPS) is 19.6. The van der Waals surface area contributed by atoms with Gasteiger partial charge >= 0.3 is 5.97 Å². The number of pyridine rings is 1. The van der Waals surface area contributed by atoms with Crippen molar-refractivity contribution in [2.45, 2.75) is 18.8 Å². The van der Waals surface area contributed by atoms with Gasteiger partial charge in [0.15, 0.2) is 0 Å². The van der Waals surface area contributed by atoms with Crippen LogP contribution in [0.2, 0.25) is 0 Å². The van der Waals surface area contributed by atoms with E-state index in [1.54, 1.807) is 0 Å². The van der Waals surface area contributed by atoms with Gasteiger partial charge in [-0.2, -0.15) is 0 Å². The minimum Gasteiger partial charge on any atom is -0.478 e. The second-order valence-electron chi connectivity index (χ2n) is 6.26. The van der Waals surface area contributed by atoms with E-state index in [0.29, 0.717) is 25.5 Å². The molecule has 0 bridgehead atoms. The van der Waals surface area contributed by atoms with Crippen LogP contribution in [0.4, 0.5) is 8.78 Å². The quantitative estimate of drug-likeness (QED) is 0.655. The molecule has 1 fully saturated rings. The second-order valence-corrected chi connectivity index (χ2v) is 6.26. The van der Waals surface area contributed by atoms with Crippen molar-refractivity contribution in [3.05, 3.63) is 35.8 Å². The standard InChI is InChI=1S/C16H20F2N4O2/c17-16(18)6-11(7-16)8-19-3-4-22-9-14(21-10-22)13-5-12(15(23)24)1-2-20-13/h1-2,5,9,11,19,21H,3-4,6-8,10H2,(H,23,24). The van der Waals surface area contributed by atoms with Crippen molar-refractivity contribution in [3.8, 4) is 0 Å². The fraction of sp³-hybridized carbons (Fsp3) is 0.500. The Hall–Kier alpha value is -2.22. The summed E-state index contributed by atoms with van der Waals surface area (Å²) in [6.45, 7) is 2.67. The Bertz CT molecular complexity index is 643. The Morgan fingerprint density at radius 1 is 1.50 bits per heavy atom. The maximum Gasteiger partial charge on any atom is 0.335 e. The average molecular weight is 338 g/mol. The number of hydrogen-bond donors (Lipinski definition) is 3. The summed E-state index contributed by atoms with van der Waals surface area (Å²) in [6, 6.07) is 2.98.